The molecule has 0 bridgehead atoms. The SMILES string of the molecule is O=C(CNC1CC1)c1ccco1. The van der Waals surface area contributed by atoms with Gasteiger partial charge in [0.05, 0.1) is 12.8 Å². The van der Waals surface area contributed by atoms with E-state index < -0.39 is 0 Å². The minimum Gasteiger partial charge on any atom is -0.461 e. The molecular weight excluding hydrogens is 154 g/mol. The van der Waals surface area contributed by atoms with Crippen LogP contribution in [0.2, 0.25) is 0 Å². The lowest BCUT2D eigenvalue weighted by atomic mass is 10.3. The van der Waals surface area contributed by atoms with E-state index in [0.29, 0.717) is 18.3 Å². The molecule has 1 N–H and O–H groups in total. The van der Waals surface area contributed by atoms with Crippen LogP contribution in [0.3, 0.4) is 0 Å². The zero-order valence-electron chi connectivity index (χ0n) is 6.75. The van der Waals surface area contributed by atoms with Crippen molar-refractivity contribution in [3.63, 3.8) is 0 Å². The lowest BCUT2D eigenvalue weighted by molar-refractivity contribution is 0.0964. The maximum Gasteiger partial charge on any atom is 0.211 e. The molecule has 1 aliphatic carbocycles. The highest BCUT2D eigenvalue weighted by atomic mass is 16.3. The van der Waals surface area contributed by atoms with Crippen LogP contribution in [0.4, 0.5) is 0 Å². The fraction of sp³-hybridized carbons (Fsp3) is 0.444. The molecule has 0 amide bonds. The summed E-state index contributed by atoms with van der Waals surface area (Å²) in [6.07, 6.45) is 3.92. The fourth-order valence-corrected chi connectivity index (χ4v) is 1.05. The minimum atomic E-state index is 0.0342. The number of nitrogens with one attached hydrogen (secondary N) is 1. The molecule has 0 radical (unpaired) electrons. The van der Waals surface area contributed by atoms with Gasteiger partial charge in [0.25, 0.3) is 0 Å². The zero-order valence-corrected chi connectivity index (χ0v) is 6.75. The van der Waals surface area contributed by atoms with E-state index in [-0.39, 0.29) is 5.78 Å². The van der Waals surface area contributed by atoms with E-state index in [1.165, 1.54) is 19.1 Å². The van der Waals surface area contributed by atoms with Crippen LogP contribution < -0.4 is 5.32 Å². The van der Waals surface area contributed by atoms with Gasteiger partial charge in [-0.05, 0) is 25.0 Å². The number of ketones is 1. The van der Waals surface area contributed by atoms with Crippen molar-refractivity contribution >= 4 is 5.78 Å². The van der Waals surface area contributed by atoms with E-state index in [2.05, 4.69) is 5.32 Å². The molecule has 1 fully saturated rings. The van der Waals surface area contributed by atoms with Crippen LogP contribution in [0.1, 0.15) is 23.4 Å². The first kappa shape index (κ1) is 7.55. The molecule has 1 saturated carbocycles. The molecule has 12 heavy (non-hydrogen) atoms. The molecule has 1 aromatic rings. The normalized spacial score (nSPS) is 16.3. The second-order valence-corrected chi connectivity index (χ2v) is 3.06. The van der Waals surface area contributed by atoms with Crippen LogP contribution in [0.5, 0.6) is 0 Å². The molecule has 0 aliphatic heterocycles. The third-order valence-electron chi connectivity index (χ3n) is 1.92. The molecule has 1 aliphatic rings. The first-order valence-corrected chi connectivity index (χ1v) is 4.16. The summed E-state index contributed by atoms with van der Waals surface area (Å²) in [6, 6.07) is 3.99. The lowest BCUT2D eigenvalue weighted by Crippen LogP contribution is -2.24. The Morgan fingerprint density at radius 3 is 3.08 bits per heavy atom. The van der Waals surface area contributed by atoms with Crippen molar-refractivity contribution in [3.05, 3.63) is 24.2 Å². The van der Waals surface area contributed by atoms with Crippen LogP contribution in [0.25, 0.3) is 0 Å². The highest BCUT2D eigenvalue weighted by Gasteiger charge is 2.21. The summed E-state index contributed by atoms with van der Waals surface area (Å²) in [6.45, 7) is 0.401. The van der Waals surface area contributed by atoms with Gasteiger partial charge in [0, 0.05) is 6.04 Å². The Labute approximate surface area is 70.8 Å². The second-order valence-electron chi connectivity index (χ2n) is 3.06. The molecule has 1 heterocycles. The average Bonchev–Trinajstić information content (AvgIpc) is 2.74. The molecule has 0 aromatic carbocycles. The van der Waals surface area contributed by atoms with Crippen molar-refractivity contribution in [2.75, 3.05) is 6.54 Å². The van der Waals surface area contributed by atoms with Gasteiger partial charge in [0.2, 0.25) is 5.78 Å². The second kappa shape index (κ2) is 3.11. The molecule has 0 saturated heterocycles. The van der Waals surface area contributed by atoms with Gasteiger partial charge in [-0.2, -0.15) is 0 Å². The van der Waals surface area contributed by atoms with Crippen LogP contribution in [0, 0.1) is 0 Å². The maximum atomic E-state index is 11.3. The number of hydrogen-bond acceptors (Lipinski definition) is 3. The van der Waals surface area contributed by atoms with Crippen LogP contribution in [0.15, 0.2) is 22.8 Å². The van der Waals surface area contributed by atoms with Crippen molar-refractivity contribution in [1.29, 1.82) is 0 Å². The van der Waals surface area contributed by atoms with Crippen LogP contribution in [-0.2, 0) is 0 Å². The fourth-order valence-electron chi connectivity index (χ4n) is 1.05. The molecule has 0 spiro atoms. The Morgan fingerprint density at radius 1 is 1.67 bits per heavy atom. The number of hydrogen-bond donors (Lipinski definition) is 1. The van der Waals surface area contributed by atoms with Crippen molar-refractivity contribution < 1.29 is 9.21 Å². The van der Waals surface area contributed by atoms with Crippen molar-refractivity contribution in [1.82, 2.24) is 5.32 Å². The van der Waals surface area contributed by atoms with E-state index in [4.69, 9.17) is 4.42 Å². The Bertz CT molecular complexity index is 262. The van der Waals surface area contributed by atoms with Gasteiger partial charge in [0.1, 0.15) is 0 Å². The minimum absolute atomic E-state index is 0.0342. The quantitative estimate of drug-likeness (QED) is 0.682. The molecule has 3 nitrogen and oxygen atoms in total. The topological polar surface area (TPSA) is 42.2 Å². The van der Waals surface area contributed by atoms with Crippen molar-refractivity contribution in [3.8, 4) is 0 Å². The van der Waals surface area contributed by atoms with E-state index >= 15 is 0 Å². The van der Waals surface area contributed by atoms with E-state index in [1.807, 2.05) is 0 Å². The summed E-state index contributed by atoms with van der Waals surface area (Å²) in [4.78, 5) is 11.3. The largest absolute Gasteiger partial charge is 0.461 e. The first-order valence-electron chi connectivity index (χ1n) is 4.16. The van der Waals surface area contributed by atoms with Crippen molar-refractivity contribution in [2.45, 2.75) is 18.9 Å². The summed E-state index contributed by atoms with van der Waals surface area (Å²) in [7, 11) is 0. The lowest BCUT2D eigenvalue weighted by Gasteiger charge is -1.97. The van der Waals surface area contributed by atoms with Gasteiger partial charge in [-0.25, -0.2) is 0 Å². The van der Waals surface area contributed by atoms with Gasteiger partial charge >= 0.3 is 0 Å². The molecule has 0 atom stereocenters. The summed E-state index contributed by atoms with van der Waals surface area (Å²) < 4.78 is 4.96. The Hall–Kier alpha value is -1.09. The monoisotopic (exact) mass is 165 g/mol. The van der Waals surface area contributed by atoms with Gasteiger partial charge in [-0.15, -0.1) is 0 Å². The molecule has 64 valence electrons. The molecule has 3 heteroatoms. The molecule has 0 unspecified atom stereocenters. The summed E-state index contributed by atoms with van der Waals surface area (Å²) in [5.74, 6) is 0.482. The van der Waals surface area contributed by atoms with E-state index in [1.54, 1.807) is 12.1 Å². The van der Waals surface area contributed by atoms with Gasteiger partial charge in [-0.3, -0.25) is 4.79 Å². The average molecular weight is 165 g/mol. The number of furan rings is 1. The Morgan fingerprint density at radius 2 is 2.50 bits per heavy atom. The van der Waals surface area contributed by atoms with Gasteiger partial charge < -0.3 is 9.73 Å². The third kappa shape index (κ3) is 1.74. The molecule has 2 rings (SSSR count). The highest BCUT2D eigenvalue weighted by molar-refractivity contribution is 5.95. The third-order valence-corrected chi connectivity index (χ3v) is 1.92. The number of carbonyl (C=O) groups is 1. The predicted molar refractivity (Wildman–Crippen MR) is 44.1 cm³/mol. The Balaban J connectivity index is 1.83. The predicted octanol–water partition coefficient (Wildman–Crippen LogP) is 1.21. The first-order chi connectivity index (χ1) is 5.86. The van der Waals surface area contributed by atoms with Gasteiger partial charge in [0.15, 0.2) is 5.76 Å². The zero-order chi connectivity index (χ0) is 8.39. The summed E-state index contributed by atoms with van der Waals surface area (Å²) in [5.41, 5.74) is 0. The summed E-state index contributed by atoms with van der Waals surface area (Å²) in [5, 5.41) is 3.14. The standard InChI is InChI=1S/C9H11NO2/c11-8(6-10-7-3-4-7)9-2-1-5-12-9/h1-2,5,7,10H,3-4,6H2. The number of rotatable bonds is 4. The Kier molecular flexibility index (Phi) is 1.96. The number of Topliss-reactive ketones (excluding diaryl/α,β-unsaturated/α-hetero) is 1. The maximum absolute atomic E-state index is 11.3. The summed E-state index contributed by atoms with van der Waals surface area (Å²) >= 11 is 0. The van der Waals surface area contributed by atoms with Gasteiger partial charge in [-0.1, -0.05) is 0 Å². The molecule has 1 aromatic heterocycles. The van der Waals surface area contributed by atoms with Crippen LogP contribution >= 0.6 is 0 Å². The van der Waals surface area contributed by atoms with Crippen LogP contribution in [-0.4, -0.2) is 18.4 Å². The van der Waals surface area contributed by atoms with E-state index in [0.717, 1.165) is 0 Å². The smallest absolute Gasteiger partial charge is 0.211 e. The molecular formula is C9H11NO2. The van der Waals surface area contributed by atoms with E-state index in [9.17, 15) is 4.79 Å². The van der Waals surface area contributed by atoms with Crippen molar-refractivity contribution in [2.24, 2.45) is 0 Å². The number of carbonyl (C=O) groups excluding carboxylic acids is 1. The highest BCUT2D eigenvalue weighted by Crippen LogP contribution is 2.18.